The Hall–Kier alpha value is 0.110. The highest BCUT2D eigenvalue weighted by molar-refractivity contribution is 9.09. The Kier molecular flexibility index (Phi) is 2.75. The third-order valence-corrected chi connectivity index (χ3v) is 5.49. The van der Waals surface area contributed by atoms with E-state index in [4.69, 9.17) is 0 Å². The number of hydrogen-bond acceptors (Lipinski definition) is 2. The molecule has 0 saturated heterocycles. The van der Waals surface area contributed by atoms with Crippen LogP contribution in [0.1, 0.15) is 39.7 Å². The number of thiazole rings is 1. The van der Waals surface area contributed by atoms with Crippen molar-refractivity contribution in [3.8, 4) is 0 Å². The quantitative estimate of drug-likeness (QED) is 0.732. The van der Waals surface area contributed by atoms with Crippen molar-refractivity contribution in [3.63, 3.8) is 0 Å². The smallest absolute Gasteiger partial charge is 0.107 e. The molecular formula is C10H14BrNS. The van der Waals surface area contributed by atoms with Crippen molar-refractivity contribution in [2.75, 3.05) is 0 Å². The van der Waals surface area contributed by atoms with Crippen molar-refractivity contribution in [2.45, 2.75) is 37.9 Å². The van der Waals surface area contributed by atoms with E-state index in [1.54, 1.807) is 0 Å². The van der Waals surface area contributed by atoms with Crippen LogP contribution in [-0.2, 0) is 0 Å². The molecule has 1 atom stereocenters. The molecule has 0 bridgehead atoms. The molecule has 1 aliphatic carbocycles. The van der Waals surface area contributed by atoms with Gasteiger partial charge in [-0.25, -0.2) is 4.98 Å². The molecule has 0 aliphatic heterocycles. The Morgan fingerprint density at radius 2 is 2.15 bits per heavy atom. The second-order valence-corrected chi connectivity index (χ2v) is 6.01. The van der Waals surface area contributed by atoms with Crippen LogP contribution in [0.2, 0.25) is 0 Å². The molecule has 1 nitrogen and oxygen atoms in total. The van der Waals surface area contributed by atoms with Crippen molar-refractivity contribution in [1.29, 1.82) is 0 Å². The number of aryl methyl sites for hydroxylation is 2. The molecule has 72 valence electrons. The lowest BCUT2D eigenvalue weighted by molar-refractivity contribution is 0.312. The number of hydrogen-bond donors (Lipinski definition) is 0. The van der Waals surface area contributed by atoms with E-state index in [2.05, 4.69) is 34.8 Å². The Labute approximate surface area is 91.7 Å². The minimum absolute atomic E-state index is 0.513. The maximum absolute atomic E-state index is 4.58. The zero-order valence-corrected chi connectivity index (χ0v) is 10.4. The predicted molar refractivity (Wildman–Crippen MR) is 60.6 cm³/mol. The van der Waals surface area contributed by atoms with Gasteiger partial charge in [0.1, 0.15) is 5.01 Å². The summed E-state index contributed by atoms with van der Waals surface area (Å²) in [7, 11) is 0. The van der Waals surface area contributed by atoms with E-state index in [9.17, 15) is 0 Å². The van der Waals surface area contributed by atoms with Gasteiger partial charge in [0.05, 0.1) is 10.5 Å². The maximum Gasteiger partial charge on any atom is 0.107 e. The molecule has 2 rings (SSSR count). The van der Waals surface area contributed by atoms with Crippen molar-refractivity contribution < 1.29 is 0 Å². The van der Waals surface area contributed by atoms with Gasteiger partial charge in [-0.15, -0.1) is 11.3 Å². The van der Waals surface area contributed by atoms with Crippen molar-refractivity contribution in [1.82, 2.24) is 4.98 Å². The van der Waals surface area contributed by atoms with Crippen molar-refractivity contribution >= 4 is 27.3 Å². The lowest BCUT2D eigenvalue weighted by Crippen LogP contribution is -2.16. The van der Waals surface area contributed by atoms with Crippen molar-refractivity contribution in [3.05, 3.63) is 15.6 Å². The van der Waals surface area contributed by atoms with E-state index in [-0.39, 0.29) is 0 Å². The average Bonchev–Trinajstić information content (AvgIpc) is 2.28. The first kappa shape index (κ1) is 9.66. The fourth-order valence-electron chi connectivity index (χ4n) is 1.55. The topological polar surface area (TPSA) is 12.9 Å². The second-order valence-electron chi connectivity index (χ2n) is 3.79. The van der Waals surface area contributed by atoms with E-state index in [1.165, 1.54) is 34.8 Å². The van der Waals surface area contributed by atoms with Gasteiger partial charge in [-0.2, -0.15) is 0 Å². The van der Waals surface area contributed by atoms with E-state index in [1.807, 2.05) is 11.3 Å². The summed E-state index contributed by atoms with van der Waals surface area (Å²) in [5, 5.41) is 1.28. The summed E-state index contributed by atoms with van der Waals surface area (Å²) in [5.41, 5.74) is 1.20. The molecule has 0 amide bonds. The second kappa shape index (κ2) is 3.70. The Morgan fingerprint density at radius 3 is 2.54 bits per heavy atom. The molecule has 0 aromatic carbocycles. The molecule has 1 aliphatic rings. The van der Waals surface area contributed by atoms with E-state index >= 15 is 0 Å². The molecule has 1 fully saturated rings. The van der Waals surface area contributed by atoms with Crippen LogP contribution < -0.4 is 0 Å². The molecule has 13 heavy (non-hydrogen) atoms. The van der Waals surface area contributed by atoms with Gasteiger partial charge in [0, 0.05) is 4.88 Å². The van der Waals surface area contributed by atoms with Crippen LogP contribution in [0.25, 0.3) is 0 Å². The number of alkyl halides is 1. The van der Waals surface area contributed by atoms with Gasteiger partial charge in [-0.1, -0.05) is 22.4 Å². The van der Waals surface area contributed by atoms with Gasteiger partial charge < -0.3 is 0 Å². The lowest BCUT2D eigenvalue weighted by atomic mass is 9.83. The van der Waals surface area contributed by atoms with Gasteiger partial charge in [0.15, 0.2) is 0 Å². The monoisotopic (exact) mass is 259 g/mol. The fourth-order valence-corrected chi connectivity index (χ4v) is 3.46. The van der Waals surface area contributed by atoms with Gasteiger partial charge >= 0.3 is 0 Å². The summed E-state index contributed by atoms with van der Waals surface area (Å²) in [4.78, 5) is 6.46. The van der Waals surface area contributed by atoms with Crippen LogP contribution in [0.15, 0.2) is 0 Å². The first-order valence-electron chi connectivity index (χ1n) is 4.76. The van der Waals surface area contributed by atoms with E-state index in [0.717, 1.165) is 5.92 Å². The minimum atomic E-state index is 0.513. The standard InChI is InChI=1S/C10H14BrNS/c1-6-7(2)13-10(12-6)9(11)8-4-3-5-8/h8-9H,3-5H2,1-2H3. The van der Waals surface area contributed by atoms with Gasteiger partial charge in [0.2, 0.25) is 0 Å². The van der Waals surface area contributed by atoms with E-state index < -0.39 is 0 Å². The van der Waals surface area contributed by atoms with Crippen molar-refractivity contribution in [2.24, 2.45) is 5.92 Å². The van der Waals surface area contributed by atoms with Gasteiger partial charge in [-0.3, -0.25) is 0 Å². The normalized spacial score (nSPS) is 19.9. The van der Waals surface area contributed by atoms with Crippen LogP contribution >= 0.6 is 27.3 Å². The number of halogens is 1. The Balaban J connectivity index is 2.14. The molecule has 1 aromatic heterocycles. The average molecular weight is 260 g/mol. The summed E-state index contributed by atoms with van der Waals surface area (Å²) in [6.45, 7) is 4.24. The van der Waals surface area contributed by atoms with Crippen LogP contribution in [0, 0.1) is 19.8 Å². The zero-order chi connectivity index (χ0) is 9.42. The lowest BCUT2D eigenvalue weighted by Gasteiger charge is -2.28. The summed E-state index contributed by atoms with van der Waals surface area (Å²) in [5.74, 6) is 0.838. The highest BCUT2D eigenvalue weighted by atomic mass is 79.9. The molecule has 0 N–H and O–H groups in total. The summed E-state index contributed by atoms with van der Waals surface area (Å²) < 4.78 is 0. The van der Waals surface area contributed by atoms with Gasteiger partial charge in [0.25, 0.3) is 0 Å². The number of rotatable bonds is 2. The molecule has 0 radical (unpaired) electrons. The molecule has 1 unspecified atom stereocenters. The van der Waals surface area contributed by atoms with Gasteiger partial charge in [-0.05, 0) is 32.6 Å². The Morgan fingerprint density at radius 1 is 1.46 bits per heavy atom. The fraction of sp³-hybridized carbons (Fsp3) is 0.700. The molecule has 1 aromatic rings. The molecule has 1 heterocycles. The summed E-state index contributed by atoms with van der Waals surface area (Å²) in [6.07, 6.45) is 4.14. The molecular weight excluding hydrogens is 246 g/mol. The molecule has 0 spiro atoms. The number of aromatic nitrogens is 1. The highest BCUT2D eigenvalue weighted by Gasteiger charge is 2.28. The molecule has 3 heteroatoms. The van der Waals surface area contributed by atoms with Crippen LogP contribution in [0.4, 0.5) is 0 Å². The zero-order valence-electron chi connectivity index (χ0n) is 8.01. The van der Waals surface area contributed by atoms with Crippen LogP contribution in [-0.4, -0.2) is 4.98 Å². The third kappa shape index (κ3) is 1.82. The molecule has 1 saturated carbocycles. The van der Waals surface area contributed by atoms with Crippen LogP contribution in [0.3, 0.4) is 0 Å². The first-order valence-corrected chi connectivity index (χ1v) is 6.49. The first-order chi connectivity index (χ1) is 6.18. The maximum atomic E-state index is 4.58. The largest absolute Gasteiger partial charge is 0.245 e. The van der Waals surface area contributed by atoms with Crippen LogP contribution in [0.5, 0.6) is 0 Å². The number of nitrogens with zero attached hydrogens (tertiary/aromatic N) is 1. The Bertz CT molecular complexity index is 284. The predicted octanol–water partition coefficient (Wildman–Crippen LogP) is 4.00. The van der Waals surface area contributed by atoms with E-state index in [0.29, 0.717) is 4.83 Å². The third-order valence-electron chi connectivity index (χ3n) is 2.84. The SMILES string of the molecule is Cc1nc(C(Br)C2CCC2)sc1C. The highest BCUT2D eigenvalue weighted by Crippen LogP contribution is 2.44. The summed E-state index contributed by atoms with van der Waals surface area (Å²) in [6, 6.07) is 0. The minimum Gasteiger partial charge on any atom is -0.245 e. The summed E-state index contributed by atoms with van der Waals surface area (Å²) >= 11 is 5.60.